The molecule has 0 fully saturated rings. The van der Waals surface area contributed by atoms with Crippen molar-refractivity contribution in [2.45, 2.75) is 33.6 Å². The van der Waals surface area contributed by atoms with Gasteiger partial charge in [-0.25, -0.2) is 0 Å². The quantitative estimate of drug-likeness (QED) is 0.289. The van der Waals surface area contributed by atoms with Gasteiger partial charge in [0.1, 0.15) is 0 Å². The van der Waals surface area contributed by atoms with E-state index in [1.807, 2.05) is 0 Å². The molecule has 0 heterocycles. The van der Waals surface area contributed by atoms with Gasteiger partial charge >= 0.3 is 0 Å². The van der Waals surface area contributed by atoms with Gasteiger partial charge in [0, 0.05) is 12.7 Å². The molecule has 1 aliphatic rings. The highest BCUT2D eigenvalue weighted by atomic mass is 14.8. The third kappa shape index (κ3) is 5.84. The van der Waals surface area contributed by atoms with E-state index in [0.29, 0.717) is 11.8 Å². The van der Waals surface area contributed by atoms with Gasteiger partial charge in [-0.1, -0.05) is 97.5 Å². The first-order valence-corrected chi connectivity index (χ1v) is 10.7. The van der Waals surface area contributed by atoms with E-state index in [4.69, 9.17) is 0 Å². The van der Waals surface area contributed by atoms with Crippen LogP contribution in [0.1, 0.15) is 43.4 Å². The second kappa shape index (κ2) is 10.7. The summed E-state index contributed by atoms with van der Waals surface area (Å²) in [5.41, 5.74) is 6.63. The first kappa shape index (κ1) is 20.9. The Labute approximate surface area is 176 Å². The van der Waals surface area contributed by atoms with E-state index in [1.54, 1.807) is 0 Å². The monoisotopic (exact) mass is 383 g/mol. The van der Waals surface area contributed by atoms with Gasteiger partial charge in [0.15, 0.2) is 0 Å². The Morgan fingerprint density at radius 1 is 1.07 bits per heavy atom. The van der Waals surface area contributed by atoms with E-state index in [0.717, 1.165) is 19.4 Å². The van der Waals surface area contributed by atoms with E-state index in [9.17, 15) is 0 Å². The van der Waals surface area contributed by atoms with Crippen LogP contribution in [0, 0.1) is 18.8 Å². The summed E-state index contributed by atoms with van der Waals surface area (Å²) in [4.78, 5) is 0. The average Bonchev–Trinajstić information content (AvgIpc) is 3.16. The van der Waals surface area contributed by atoms with Crippen molar-refractivity contribution in [2.75, 3.05) is 6.54 Å². The molecule has 0 saturated carbocycles. The summed E-state index contributed by atoms with van der Waals surface area (Å²) in [5.74, 6) is 1.14. The molecule has 2 aromatic carbocycles. The SMILES string of the molecule is C/C=C/C(=C/CCN/C=C(/c1cccc(C)c1)C1CC=CC1C)c1ccccc1. The van der Waals surface area contributed by atoms with Crippen molar-refractivity contribution in [2.24, 2.45) is 11.8 Å². The van der Waals surface area contributed by atoms with Crippen LogP contribution >= 0.6 is 0 Å². The Hall–Kier alpha value is -2.80. The maximum Gasteiger partial charge on any atom is 0.0176 e. The predicted molar refractivity (Wildman–Crippen MR) is 127 cm³/mol. The smallest absolute Gasteiger partial charge is 0.0176 e. The van der Waals surface area contributed by atoms with Gasteiger partial charge < -0.3 is 5.32 Å². The van der Waals surface area contributed by atoms with Crippen molar-refractivity contribution in [3.8, 4) is 0 Å². The van der Waals surface area contributed by atoms with Crippen LogP contribution in [-0.2, 0) is 0 Å². The number of nitrogens with one attached hydrogen (secondary N) is 1. The van der Waals surface area contributed by atoms with E-state index < -0.39 is 0 Å². The fourth-order valence-corrected chi connectivity index (χ4v) is 4.01. The summed E-state index contributed by atoms with van der Waals surface area (Å²) in [6, 6.07) is 19.5. The van der Waals surface area contributed by atoms with Crippen molar-refractivity contribution in [3.63, 3.8) is 0 Å². The lowest BCUT2D eigenvalue weighted by molar-refractivity contribution is 0.567. The van der Waals surface area contributed by atoms with Crippen LogP contribution < -0.4 is 5.32 Å². The molecule has 29 heavy (non-hydrogen) atoms. The minimum absolute atomic E-state index is 0.558. The Balaban J connectivity index is 1.69. The largest absolute Gasteiger partial charge is 0.390 e. The predicted octanol–water partition coefficient (Wildman–Crippen LogP) is 7.19. The maximum atomic E-state index is 3.59. The molecular formula is C28H33N. The summed E-state index contributed by atoms with van der Waals surface area (Å²) in [5, 5.41) is 3.59. The number of allylic oxidation sites excluding steroid dienone is 6. The molecule has 0 aliphatic heterocycles. The van der Waals surface area contributed by atoms with Crippen LogP contribution in [0.15, 0.2) is 91.2 Å². The number of hydrogen-bond donors (Lipinski definition) is 1. The average molecular weight is 384 g/mol. The van der Waals surface area contributed by atoms with Crippen molar-refractivity contribution in [1.82, 2.24) is 5.32 Å². The molecule has 3 rings (SSSR count). The lowest BCUT2D eigenvalue weighted by Gasteiger charge is -2.21. The van der Waals surface area contributed by atoms with Crippen LogP contribution in [0.4, 0.5) is 0 Å². The third-order valence-corrected chi connectivity index (χ3v) is 5.58. The molecule has 2 atom stereocenters. The lowest BCUT2D eigenvalue weighted by Crippen LogP contribution is -2.13. The van der Waals surface area contributed by atoms with E-state index in [1.165, 1.54) is 27.8 Å². The molecule has 150 valence electrons. The molecule has 0 saturated heterocycles. The molecule has 0 amide bonds. The Bertz CT molecular complexity index is 899. The topological polar surface area (TPSA) is 12.0 Å². The molecule has 0 bridgehead atoms. The second-order valence-corrected chi connectivity index (χ2v) is 7.87. The molecule has 0 radical (unpaired) electrons. The summed E-state index contributed by atoms with van der Waals surface area (Å²) >= 11 is 0. The molecular weight excluding hydrogens is 350 g/mol. The molecule has 2 aromatic rings. The standard InChI is InChI=1S/C28H33N/c1-4-11-24(25-14-6-5-7-15-25)17-10-19-29-21-28(27-18-9-13-23(27)3)26-16-8-12-22(2)20-26/h4-9,11-17,20-21,23,27,29H,10,18-19H2,1-3H3/b11-4+,24-17-,28-21-. The Kier molecular flexibility index (Phi) is 7.69. The lowest BCUT2D eigenvalue weighted by atomic mass is 9.85. The van der Waals surface area contributed by atoms with Crippen molar-refractivity contribution in [3.05, 3.63) is 108 Å². The van der Waals surface area contributed by atoms with Crippen LogP contribution in [-0.4, -0.2) is 6.54 Å². The fraction of sp³-hybridized carbons (Fsp3) is 0.286. The van der Waals surface area contributed by atoms with Crippen LogP contribution in [0.5, 0.6) is 0 Å². The Morgan fingerprint density at radius 2 is 1.86 bits per heavy atom. The zero-order valence-corrected chi connectivity index (χ0v) is 17.9. The zero-order valence-electron chi connectivity index (χ0n) is 17.9. The molecule has 1 N–H and O–H groups in total. The van der Waals surface area contributed by atoms with Crippen LogP contribution in [0.2, 0.25) is 0 Å². The van der Waals surface area contributed by atoms with Gasteiger partial charge in [0.05, 0.1) is 0 Å². The molecule has 1 heteroatoms. The summed E-state index contributed by atoms with van der Waals surface area (Å²) in [6.07, 6.45) is 15.7. The van der Waals surface area contributed by atoms with Crippen molar-refractivity contribution in [1.29, 1.82) is 0 Å². The highest BCUT2D eigenvalue weighted by Crippen LogP contribution is 2.36. The third-order valence-electron chi connectivity index (χ3n) is 5.58. The Morgan fingerprint density at radius 3 is 2.55 bits per heavy atom. The van der Waals surface area contributed by atoms with E-state index >= 15 is 0 Å². The minimum Gasteiger partial charge on any atom is -0.390 e. The first-order chi connectivity index (χ1) is 14.2. The minimum atomic E-state index is 0.558. The highest BCUT2D eigenvalue weighted by Gasteiger charge is 2.23. The summed E-state index contributed by atoms with van der Waals surface area (Å²) in [6.45, 7) is 7.49. The van der Waals surface area contributed by atoms with Crippen molar-refractivity contribution < 1.29 is 0 Å². The van der Waals surface area contributed by atoms with Crippen molar-refractivity contribution >= 4 is 11.1 Å². The van der Waals surface area contributed by atoms with Gasteiger partial charge in [0.2, 0.25) is 0 Å². The first-order valence-electron chi connectivity index (χ1n) is 10.7. The van der Waals surface area contributed by atoms with Crippen LogP contribution in [0.25, 0.3) is 11.1 Å². The number of aryl methyl sites for hydroxylation is 1. The normalized spacial score (nSPS) is 19.8. The van der Waals surface area contributed by atoms with Crippen LogP contribution in [0.3, 0.4) is 0 Å². The summed E-state index contributed by atoms with van der Waals surface area (Å²) in [7, 11) is 0. The number of benzene rings is 2. The van der Waals surface area contributed by atoms with Gasteiger partial charge in [0.25, 0.3) is 0 Å². The highest BCUT2D eigenvalue weighted by molar-refractivity contribution is 5.73. The molecule has 1 nitrogen and oxygen atoms in total. The molecule has 2 unspecified atom stereocenters. The fourth-order valence-electron chi connectivity index (χ4n) is 4.01. The summed E-state index contributed by atoms with van der Waals surface area (Å²) < 4.78 is 0. The molecule has 0 aromatic heterocycles. The number of rotatable bonds is 8. The van der Waals surface area contributed by atoms with Gasteiger partial charge in [-0.15, -0.1) is 0 Å². The second-order valence-electron chi connectivity index (χ2n) is 7.87. The number of hydrogen-bond acceptors (Lipinski definition) is 1. The van der Waals surface area contributed by atoms with Gasteiger partial charge in [-0.2, -0.15) is 0 Å². The maximum absolute atomic E-state index is 3.59. The molecule has 1 aliphatic carbocycles. The molecule has 0 spiro atoms. The van der Waals surface area contributed by atoms with Gasteiger partial charge in [-0.3, -0.25) is 0 Å². The van der Waals surface area contributed by atoms with Gasteiger partial charge in [-0.05, 0) is 60.8 Å². The van der Waals surface area contributed by atoms with E-state index in [2.05, 4.69) is 117 Å². The zero-order chi connectivity index (χ0) is 20.5. The van der Waals surface area contributed by atoms with E-state index in [-0.39, 0.29) is 0 Å².